The van der Waals surface area contributed by atoms with Crippen LogP contribution < -0.4 is 4.74 Å². The Kier molecular flexibility index (Phi) is 3.77. The van der Waals surface area contributed by atoms with E-state index in [0.717, 1.165) is 18.2 Å². The molecule has 0 amide bonds. The maximum atomic E-state index is 13.3. The van der Waals surface area contributed by atoms with Gasteiger partial charge in [-0.25, -0.2) is 13.2 Å². The van der Waals surface area contributed by atoms with Crippen molar-refractivity contribution >= 4 is 11.6 Å². The highest BCUT2D eigenvalue weighted by Crippen LogP contribution is 2.22. The number of hydrogen-bond acceptors (Lipinski definition) is 1. The maximum absolute atomic E-state index is 13.3. The number of hydrogen-bond donors (Lipinski definition) is 0. The summed E-state index contributed by atoms with van der Waals surface area (Å²) in [5.74, 6) is -1.91. The third-order valence-corrected chi connectivity index (χ3v) is 2.64. The van der Waals surface area contributed by atoms with E-state index in [4.69, 9.17) is 16.3 Å². The van der Waals surface area contributed by atoms with Gasteiger partial charge in [0.05, 0.1) is 10.6 Å². The summed E-state index contributed by atoms with van der Waals surface area (Å²) < 4.78 is 44.8. The van der Waals surface area contributed by atoms with Crippen LogP contribution in [0.15, 0.2) is 36.4 Å². The quantitative estimate of drug-likeness (QED) is 0.808. The molecule has 0 aliphatic carbocycles. The van der Waals surface area contributed by atoms with Crippen LogP contribution in [0.5, 0.6) is 5.75 Å². The molecule has 0 saturated carbocycles. The van der Waals surface area contributed by atoms with Gasteiger partial charge in [0.25, 0.3) is 0 Å². The molecule has 0 spiro atoms. The van der Waals surface area contributed by atoms with Crippen molar-refractivity contribution in [1.82, 2.24) is 0 Å². The summed E-state index contributed by atoms with van der Waals surface area (Å²) >= 11 is 5.50. The van der Waals surface area contributed by atoms with Gasteiger partial charge in [-0.05, 0) is 24.3 Å². The lowest BCUT2D eigenvalue weighted by atomic mass is 10.2. The summed E-state index contributed by atoms with van der Waals surface area (Å²) in [4.78, 5) is 0. The molecule has 0 fully saturated rings. The normalized spacial score (nSPS) is 10.4. The monoisotopic (exact) mass is 272 g/mol. The highest BCUT2D eigenvalue weighted by Gasteiger charge is 2.09. The second-order valence-electron chi connectivity index (χ2n) is 3.56. The summed E-state index contributed by atoms with van der Waals surface area (Å²) in [6.45, 7) is -0.320. The molecule has 0 heterocycles. The van der Waals surface area contributed by atoms with Gasteiger partial charge < -0.3 is 4.74 Å². The molecule has 0 radical (unpaired) electrons. The Bertz CT molecular complexity index is 552. The first-order valence-electron chi connectivity index (χ1n) is 5.08. The molecule has 0 N–H and O–H groups in total. The second kappa shape index (κ2) is 5.31. The zero-order chi connectivity index (χ0) is 13.1. The molecule has 0 atom stereocenters. The fourth-order valence-corrected chi connectivity index (χ4v) is 1.51. The average molecular weight is 273 g/mol. The lowest BCUT2D eigenvalue weighted by molar-refractivity contribution is 0.291. The first-order chi connectivity index (χ1) is 8.58. The van der Waals surface area contributed by atoms with Crippen molar-refractivity contribution in [2.75, 3.05) is 0 Å². The lowest BCUT2D eigenvalue weighted by Gasteiger charge is -2.08. The van der Waals surface area contributed by atoms with E-state index >= 15 is 0 Å². The highest BCUT2D eigenvalue weighted by atomic mass is 35.5. The van der Waals surface area contributed by atoms with Crippen LogP contribution in [0.4, 0.5) is 13.2 Å². The first kappa shape index (κ1) is 12.8. The van der Waals surface area contributed by atoms with Crippen LogP contribution in [-0.4, -0.2) is 0 Å². The molecule has 18 heavy (non-hydrogen) atoms. The van der Waals surface area contributed by atoms with Gasteiger partial charge in [-0.2, -0.15) is 0 Å². The van der Waals surface area contributed by atoms with Crippen LogP contribution in [-0.2, 0) is 6.61 Å². The minimum atomic E-state index is -0.704. The summed E-state index contributed by atoms with van der Waals surface area (Å²) in [5, 5.41) is -0.0422. The third-order valence-electron chi connectivity index (χ3n) is 2.34. The molecule has 0 aromatic heterocycles. The Morgan fingerprint density at radius 2 is 1.61 bits per heavy atom. The average Bonchev–Trinajstić information content (AvgIpc) is 2.33. The molecule has 94 valence electrons. The van der Waals surface area contributed by atoms with Gasteiger partial charge in [-0.15, -0.1) is 0 Å². The van der Waals surface area contributed by atoms with Crippen LogP contribution in [0.25, 0.3) is 0 Å². The highest BCUT2D eigenvalue weighted by molar-refractivity contribution is 6.30. The third kappa shape index (κ3) is 2.76. The van der Waals surface area contributed by atoms with E-state index in [-0.39, 0.29) is 22.9 Å². The molecular weight excluding hydrogens is 265 g/mol. The van der Waals surface area contributed by atoms with Crippen molar-refractivity contribution in [3.63, 3.8) is 0 Å². The number of ether oxygens (including phenoxy) is 1. The van der Waals surface area contributed by atoms with E-state index in [1.54, 1.807) is 0 Å². The first-order valence-corrected chi connectivity index (χ1v) is 5.46. The summed E-state index contributed by atoms with van der Waals surface area (Å²) in [6.07, 6.45) is 0. The van der Waals surface area contributed by atoms with Crippen LogP contribution in [0.2, 0.25) is 5.02 Å². The van der Waals surface area contributed by atoms with Crippen LogP contribution in [0.3, 0.4) is 0 Å². The lowest BCUT2D eigenvalue weighted by Crippen LogP contribution is -2.01. The zero-order valence-electron chi connectivity index (χ0n) is 9.09. The second-order valence-corrected chi connectivity index (χ2v) is 3.97. The Balaban J connectivity index is 2.14. The SMILES string of the molecule is Fc1cc(OCc2c(F)cccc2F)ccc1Cl. The van der Waals surface area contributed by atoms with E-state index in [2.05, 4.69) is 0 Å². The van der Waals surface area contributed by atoms with Gasteiger partial charge in [0.15, 0.2) is 0 Å². The minimum absolute atomic E-state index is 0.0422. The van der Waals surface area contributed by atoms with E-state index < -0.39 is 17.5 Å². The summed E-state index contributed by atoms with van der Waals surface area (Å²) in [6, 6.07) is 7.31. The standard InChI is InChI=1S/C13H8ClF3O/c14-10-5-4-8(6-13(10)17)18-7-9-11(15)2-1-3-12(9)16/h1-6H,7H2. The van der Waals surface area contributed by atoms with Gasteiger partial charge in [0, 0.05) is 6.07 Å². The topological polar surface area (TPSA) is 9.23 Å². The molecule has 0 saturated heterocycles. The van der Waals surface area contributed by atoms with Crippen LogP contribution in [0, 0.1) is 17.5 Å². The van der Waals surface area contributed by atoms with E-state index in [1.165, 1.54) is 18.2 Å². The molecule has 2 rings (SSSR count). The van der Waals surface area contributed by atoms with Crippen LogP contribution >= 0.6 is 11.6 Å². The summed E-state index contributed by atoms with van der Waals surface area (Å²) in [7, 11) is 0. The van der Waals surface area contributed by atoms with Gasteiger partial charge in [-0.3, -0.25) is 0 Å². The molecule has 0 aliphatic rings. The smallest absolute Gasteiger partial charge is 0.145 e. The van der Waals surface area contributed by atoms with Gasteiger partial charge in [0.1, 0.15) is 29.8 Å². The van der Waals surface area contributed by atoms with E-state index in [9.17, 15) is 13.2 Å². The molecule has 2 aromatic carbocycles. The van der Waals surface area contributed by atoms with Crippen molar-refractivity contribution in [1.29, 1.82) is 0 Å². The largest absolute Gasteiger partial charge is 0.489 e. The number of halogens is 4. The Morgan fingerprint density at radius 3 is 2.22 bits per heavy atom. The van der Waals surface area contributed by atoms with Crippen molar-refractivity contribution in [3.05, 3.63) is 64.4 Å². The van der Waals surface area contributed by atoms with Gasteiger partial charge >= 0.3 is 0 Å². The Hall–Kier alpha value is -1.68. The Morgan fingerprint density at radius 1 is 0.944 bits per heavy atom. The molecule has 2 aromatic rings. The van der Waals surface area contributed by atoms with Crippen molar-refractivity contribution in [2.24, 2.45) is 0 Å². The van der Waals surface area contributed by atoms with E-state index in [1.807, 2.05) is 0 Å². The molecular formula is C13H8ClF3O. The van der Waals surface area contributed by atoms with Gasteiger partial charge in [-0.1, -0.05) is 17.7 Å². The predicted octanol–water partition coefficient (Wildman–Crippen LogP) is 4.34. The van der Waals surface area contributed by atoms with Crippen molar-refractivity contribution in [3.8, 4) is 5.75 Å². The molecule has 1 nitrogen and oxygen atoms in total. The molecule has 0 bridgehead atoms. The van der Waals surface area contributed by atoms with Crippen molar-refractivity contribution in [2.45, 2.75) is 6.61 Å². The maximum Gasteiger partial charge on any atom is 0.145 e. The fourth-order valence-electron chi connectivity index (χ4n) is 1.39. The number of rotatable bonds is 3. The molecule has 0 aliphatic heterocycles. The number of benzene rings is 2. The molecule has 5 heteroatoms. The molecule has 0 unspecified atom stereocenters. The fraction of sp³-hybridized carbons (Fsp3) is 0.0769. The minimum Gasteiger partial charge on any atom is -0.489 e. The predicted molar refractivity (Wildman–Crippen MR) is 62.1 cm³/mol. The van der Waals surface area contributed by atoms with E-state index in [0.29, 0.717) is 0 Å². The van der Waals surface area contributed by atoms with Crippen molar-refractivity contribution < 1.29 is 17.9 Å². The van der Waals surface area contributed by atoms with Crippen LogP contribution in [0.1, 0.15) is 5.56 Å². The summed E-state index contributed by atoms with van der Waals surface area (Å²) in [5.41, 5.74) is -0.201. The zero-order valence-corrected chi connectivity index (χ0v) is 9.85. The Labute approximate surface area is 107 Å². The van der Waals surface area contributed by atoms with Gasteiger partial charge in [0.2, 0.25) is 0 Å².